The topological polar surface area (TPSA) is 0 Å². The van der Waals surface area contributed by atoms with Gasteiger partial charge in [-0.1, -0.05) is 51.3 Å². The number of allylic oxidation sites excluding steroid dienone is 4. The second-order valence-electron chi connectivity index (χ2n) is 4.74. The molecule has 0 N–H and O–H groups in total. The summed E-state index contributed by atoms with van der Waals surface area (Å²) in [7, 11) is 0. The van der Waals surface area contributed by atoms with Crippen LogP contribution < -0.4 is 37.2 Å². The van der Waals surface area contributed by atoms with Gasteiger partial charge in [-0.25, -0.2) is 0 Å². The molecule has 1 aliphatic rings. The van der Waals surface area contributed by atoms with E-state index in [2.05, 4.69) is 64.1 Å². The second-order valence-corrected chi connectivity index (χ2v) is 4.74. The van der Waals surface area contributed by atoms with Crippen molar-refractivity contribution in [3.63, 3.8) is 0 Å². The van der Waals surface area contributed by atoms with Crippen molar-refractivity contribution in [2.45, 2.75) is 27.7 Å². The van der Waals surface area contributed by atoms with E-state index in [-0.39, 0.29) is 64.4 Å². The quantitative estimate of drug-likeness (QED) is 0.352. The smallest absolute Gasteiger partial charge is 1.00 e. The number of hydrogen-bond acceptors (Lipinski definition) is 0. The molecule has 0 unspecified atom stereocenters. The minimum absolute atomic E-state index is 0. The van der Waals surface area contributed by atoms with E-state index in [9.17, 15) is 0 Å². The summed E-state index contributed by atoms with van der Waals surface area (Å²) in [6.07, 6.45) is 3.59. The fourth-order valence-corrected chi connectivity index (χ4v) is 2.05. The average molecular weight is 352 g/mol. The average Bonchev–Trinajstić information content (AvgIpc) is 2.44. The summed E-state index contributed by atoms with van der Waals surface area (Å²) >= 11 is 0. The molecule has 1 aliphatic carbocycles. The van der Waals surface area contributed by atoms with Crippen molar-refractivity contribution in [1.82, 2.24) is 0 Å². The predicted octanol–water partition coefficient (Wildman–Crippen LogP) is -4.74. The van der Waals surface area contributed by atoms with Crippen molar-refractivity contribution in [2.75, 3.05) is 0 Å². The zero-order valence-electron chi connectivity index (χ0n) is 11.5. The van der Waals surface area contributed by atoms with Crippen molar-refractivity contribution in [1.29, 1.82) is 0 Å². The maximum atomic E-state index is 3.59. The van der Waals surface area contributed by atoms with Crippen molar-refractivity contribution in [3.8, 4) is 0 Å². The van der Waals surface area contributed by atoms with Crippen LogP contribution in [0.5, 0.6) is 0 Å². The Balaban J connectivity index is -0.000000640. The largest absolute Gasteiger partial charge is 4.00 e. The van der Waals surface area contributed by atoms with Gasteiger partial charge in [0.25, 0.3) is 0 Å². The van der Waals surface area contributed by atoms with Crippen molar-refractivity contribution < 1.29 is 58.9 Å². The molecule has 2 rings (SSSR count). The van der Waals surface area contributed by atoms with Gasteiger partial charge in [0, 0.05) is 0 Å². The van der Waals surface area contributed by atoms with E-state index in [4.69, 9.17) is 0 Å². The third-order valence-electron chi connectivity index (χ3n) is 3.37. The van der Waals surface area contributed by atoms with E-state index in [1.54, 1.807) is 0 Å². The Labute approximate surface area is 150 Å². The third kappa shape index (κ3) is 4.95. The number of benzene rings is 1. The second kappa shape index (κ2) is 9.26. The van der Waals surface area contributed by atoms with Crippen LogP contribution in [-0.4, -0.2) is 0 Å². The van der Waals surface area contributed by atoms with E-state index in [0.717, 1.165) is 0 Å². The molecule has 0 nitrogen and oxygen atoms in total. The summed E-state index contributed by atoms with van der Waals surface area (Å²) in [5.41, 5.74) is 5.46. The summed E-state index contributed by atoms with van der Waals surface area (Å²) in [6.45, 7) is 8.85. The van der Waals surface area contributed by atoms with E-state index < -0.39 is 0 Å². The molecule has 0 aliphatic heterocycles. The molecule has 0 spiro atoms. The zero-order valence-corrected chi connectivity index (χ0v) is 15.3. The molecule has 1 aromatic carbocycles. The summed E-state index contributed by atoms with van der Waals surface area (Å²) in [5.74, 6) is 0. The number of rotatable bonds is 1. The van der Waals surface area contributed by atoms with Gasteiger partial charge < -0.3 is 37.2 Å². The van der Waals surface area contributed by atoms with Gasteiger partial charge >= 0.3 is 21.7 Å². The molecule has 102 valence electrons. The van der Waals surface area contributed by atoms with Crippen molar-refractivity contribution in [2.24, 2.45) is 5.41 Å². The van der Waals surface area contributed by atoms with Gasteiger partial charge in [-0.2, -0.15) is 17.2 Å². The normalized spacial score (nSPS) is 15.3. The molecule has 1 aromatic rings. The van der Waals surface area contributed by atoms with Gasteiger partial charge in [0.2, 0.25) is 0 Å². The Bertz CT molecular complexity index is 448. The Morgan fingerprint density at radius 2 is 1.37 bits per heavy atom. The molecular weight excluding hydrogens is 334 g/mol. The van der Waals surface area contributed by atoms with E-state index in [1.807, 2.05) is 0 Å². The molecule has 0 radical (unpaired) electrons. The van der Waals surface area contributed by atoms with Crippen LogP contribution in [0.15, 0.2) is 41.5 Å². The molecule has 19 heavy (non-hydrogen) atoms. The first-order valence-electron chi connectivity index (χ1n) is 5.41. The molecule has 4 heteroatoms. The molecule has 0 heterocycles. The van der Waals surface area contributed by atoms with E-state index in [0.29, 0.717) is 0 Å². The van der Waals surface area contributed by atoms with Crippen LogP contribution in [0.1, 0.15) is 33.3 Å². The van der Waals surface area contributed by atoms with Gasteiger partial charge in [-0.15, -0.1) is 23.3 Å². The zero-order chi connectivity index (χ0) is 11.1. The first kappa shape index (κ1) is 24.3. The van der Waals surface area contributed by atoms with E-state index >= 15 is 0 Å². The number of halogens is 3. The van der Waals surface area contributed by atoms with Crippen LogP contribution >= 0.6 is 0 Å². The van der Waals surface area contributed by atoms with Crippen LogP contribution in [0.4, 0.5) is 0 Å². The van der Waals surface area contributed by atoms with Crippen LogP contribution in [0.25, 0.3) is 5.57 Å². The summed E-state index contributed by atoms with van der Waals surface area (Å²) < 4.78 is 0. The SMILES string of the molecule is CC1=C(C)C(C)(C)[C-]=C1c1ccccc1.[Cl-].[Cl-].[Cl-].[Ti+4]. The van der Waals surface area contributed by atoms with Gasteiger partial charge in [0.05, 0.1) is 0 Å². The van der Waals surface area contributed by atoms with Crippen molar-refractivity contribution in [3.05, 3.63) is 53.1 Å². The van der Waals surface area contributed by atoms with Gasteiger partial charge in [0.15, 0.2) is 0 Å². The predicted molar refractivity (Wildman–Crippen MR) is 65.2 cm³/mol. The Morgan fingerprint density at radius 1 is 0.895 bits per heavy atom. The molecule has 0 amide bonds. The minimum Gasteiger partial charge on any atom is -1.00 e. The molecule has 0 atom stereocenters. The molecule has 0 saturated carbocycles. The summed E-state index contributed by atoms with van der Waals surface area (Å²) in [5, 5.41) is 0. The monoisotopic (exact) mass is 350 g/mol. The van der Waals surface area contributed by atoms with Crippen LogP contribution in [0.3, 0.4) is 0 Å². The molecule has 0 bridgehead atoms. The number of hydrogen-bond donors (Lipinski definition) is 0. The molecule has 0 aromatic heterocycles. The Kier molecular flexibility index (Phi) is 11.9. The van der Waals surface area contributed by atoms with Crippen LogP contribution in [0, 0.1) is 11.5 Å². The fraction of sp³-hybridized carbons (Fsp3) is 0.333. The van der Waals surface area contributed by atoms with Crippen LogP contribution in [-0.2, 0) is 21.7 Å². The maximum Gasteiger partial charge on any atom is 4.00 e. The van der Waals surface area contributed by atoms with Gasteiger partial charge in [0.1, 0.15) is 0 Å². The summed E-state index contributed by atoms with van der Waals surface area (Å²) in [6, 6.07) is 10.5. The van der Waals surface area contributed by atoms with Gasteiger partial charge in [-0.3, -0.25) is 0 Å². The first-order chi connectivity index (χ1) is 7.02. The summed E-state index contributed by atoms with van der Waals surface area (Å²) in [4.78, 5) is 0. The minimum atomic E-state index is 0. The fourth-order valence-electron chi connectivity index (χ4n) is 2.05. The third-order valence-corrected chi connectivity index (χ3v) is 3.37. The molecule has 0 fully saturated rings. The van der Waals surface area contributed by atoms with Crippen molar-refractivity contribution >= 4 is 5.57 Å². The van der Waals surface area contributed by atoms with Crippen LogP contribution in [0.2, 0.25) is 0 Å². The standard InChI is InChI=1S/C15H17.3ClH.Ti/c1-11-12(2)15(3,4)10-14(11)13-8-6-5-7-9-13;;;;/h5-9H,1-4H3;3*1H;/q-1;;;;+4/p-3. The maximum absolute atomic E-state index is 3.59. The van der Waals surface area contributed by atoms with E-state index in [1.165, 1.54) is 22.3 Å². The first-order valence-corrected chi connectivity index (χ1v) is 5.41. The Morgan fingerprint density at radius 3 is 1.74 bits per heavy atom. The Hall–Kier alpha value is 0.284. The molecule has 0 saturated heterocycles. The molecular formula is C15H17Cl3Ti. The van der Waals surface area contributed by atoms with Gasteiger partial charge in [-0.05, 0) is 0 Å².